The van der Waals surface area contributed by atoms with Gasteiger partial charge in [-0.3, -0.25) is 4.79 Å². The Labute approximate surface area is 146 Å². The number of nitrogens with zero attached hydrogens (tertiary/aromatic N) is 2. The fourth-order valence-corrected chi connectivity index (χ4v) is 2.19. The van der Waals surface area contributed by atoms with Crippen LogP contribution in [0.2, 0.25) is 5.02 Å². The highest BCUT2D eigenvalue weighted by molar-refractivity contribution is 6.31. The molecule has 0 bridgehead atoms. The molecule has 0 saturated carbocycles. The van der Waals surface area contributed by atoms with Gasteiger partial charge < -0.3 is 20.3 Å². The first-order chi connectivity index (χ1) is 11.5. The molecule has 1 heterocycles. The lowest BCUT2D eigenvalue weighted by Gasteiger charge is -2.12. The number of benzene rings is 1. The highest BCUT2D eigenvalue weighted by atomic mass is 35.5. The molecule has 0 fully saturated rings. The summed E-state index contributed by atoms with van der Waals surface area (Å²) >= 11 is 6.01. The van der Waals surface area contributed by atoms with E-state index < -0.39 is 0 Å². The van der Waals surface area contributed by atoms with E-state index in [4.69, 9.17) is 16.3 Å². The van der Waals surface area contributed by atoms with Crippen LogP contribution in [0.25, 0.3) is 0 Å². The minimum atomic E-state index is -0.191. The molecule has 24 heavy (non-hydrogen) atoms. The number of ether oxygens (including phenoxy) is 1. The van der Waals surface area contributed by atoms with Crippen LogP contribution in [0.15, 0.2) is 36.5 Å². The minimum absolute atomic E-state index is 0.191. The van der Waals surface area contributed by atoms with Gasteiger partial charge in [-0.1, -0.05) is 11.6 Å². The summed E-state index contributed by atoms with van der Waals surface area (Å²) in [5.74, 6) is 0.480. The summed E-state index contributed by atoms with van der Waals surface area (Å²) in [7, 11) is 5.50. The molecule has 6 nitrogen and oxygen atoms in total. The van der Waals surface area contributed by atoms with Crippen molar-refractivity contribution >= 4 is 28.9 Å². The largest absolute Gasteiger partial charge is 0.495 e. The van der Waals surface area contributed by atoms with Gasteiger partial charge in [0, 0.05) is 18.1 Å². The monoisotopic (exact) mass is 348 g/mol. The van der Waals surface area contributed by atoms with Crippen LogP contribution in [0.1, 0.15) is 10.5 Å². The van der Waals surface area contributed by atoms with Crippen LogP contribution in [0.3, 0.4) is 0 Å². The van der Waals surface area contributed by atoms with E-state index in [1.807, 2.05) is 19.0 Å². The van der Waals surface area contributed by atoms with Crippen molar-refractivity contribution in [2.45, 2.75) is 0 Å². The van der Waals surface area contributed by atoms with Crippen molar-refractivity contribution in [3.8, 4) is 5.75 Å². The third-order valence-corrected chi connectivity index (χ3v) is 3.52. The molecule has 128 valence electrons. The van der Waals surface area contributed by atoms with Crippen LogP contribution in [-0.4, -0.2) is 50.1 Å². The Bertz CT molecular complexity index is 689. The van der Waals surface area contributed by atoms with Crippen molar-refractivity contribution in [2.75, 3.05) is 39.6 Å². The first-order valence-corrected chi connectivity index (χ1v) is 7.87. The molecule has 0 aliphatic heterocycles. The number of rotatable bonds is 7. The van der Waals surface area contributed by atoms with E-state index in [1.54, 1.807) is 43.6 Å². The Hall–Kier alpha value is -2.31. The summed E-state index contributed by atoms with van der Waals surface area (Å²) in [6.45, 7) is 1.35. The topological polar surface area (TPSA) is 66.5 Å². The standard InChI is InChI=1S/C17H21ClN4O2/c1-22(2)9-8-19-17(23)14-6-5-13(11-20-14)21-15-10-12(18)4-7-16(15)24-3/h4-7,10-11,21H,8-9H2,1-3H3,(H,19,23). The molecule has 0 saturated heterocycles. The molecular formula is C17H21ClN4O2. The number of aromatic nitrogens is 1. The van der Waals surface area contributed by atoms with Crippen molar-refractivity contribution < 1.29 is 9.53 Å². The van der Waals surface area contributed by atoms with Crippen molar-refractivity contribution in [3.63, 3.8) is 0 Å². The van der Waals surface area contributed by atoms with Crippen LogP contribution in [0.4, 0.5) is 11.4 Å². The molecular weight excluding hydrogens is 328 g/mol. The molecule has 1 aromatic heterocycles. The Balaban J connectivity index is 2.02. The van der Waals surface area contributed by atoms with Gasteiger partial charge in [-0.05, 0) is 44.4 Å². The average molecular weight is 349 g/mol. The van der Waals surface area contributed by atoms with Crippen molar-refractivity contribution in [2.24, 2.45) is 0 Å². The molecule has 0 unspecified atom stereocenters. The number of carbonyl (C=O) groups is 1. The number of carbonyl (C=O) groups excluding carboxylic acids is 1. The number of likely N-dealkylation sites (N-methyl/N-ethyl adjacent to an activating group) is 1. The number of nitrogens with one attached hydrogen (secondary N) is 2. The summed E-state index contributed by atoms with van der Waals surface area (Å²) in [6, 6.07) is 8.76. The van der Waals surface area contributed by atoms with Crippen LogP contribution >= 0.6 is 11.6 Å². The first kappa shape index (κ1) is 18.0. The number of hydrogen-bond donors (Lipinski definition) is 2. The van der Waals surface area contributed by atoms with Crippen LogP contribution in [-0.2, 0) is 0 Å². The zero-order valence-electron chi connectivity index (χ0n) is 14.0. The van der Waals surface area contributed by atoms with Gasteiger partial charge in [-0.25, -0.2) is 4.98 Å². The third-order valence-electron chi connectivity index (χ3n) is 3.28. The minimum Gasteiger partial charge on any atom is -0.495 e. The lowest BCUT2D eigenvalue weighted by molar-refractivity contribution is 0.0946. The van der Waals surface area contributed by atoms with Crippen LogP contribution in [0.5, 0.6) is 5.75 Å². The molecule has 0 atom stereocenters. The van der Waals surface area contributed by atoms with Gasteiger partial charge in [0.25, 0.3) is 5.91 Å². The number of halogens is 1. The summed E-state index contributed by atoms with van der Waals surface area (Å²) < 4.78 is 5.29. The second-order valence-electron chi connectivity index (χ2n) is 5.46. The van der Waals surface area contributed by atoms with Gasteiger partial charge >= 0.3 is 0 Å². The van der Waals surface area contributed by atoms with Gasteiger partial charge in [0.15, 0.2) is 0 Å². The SMILES string of the molecule is COc1ccc(Cl)cc1Nc1ccc(C(=O)NCCN(C)C)nc1. The van der Waals surface area contributed by atoms with E-state index in [0.29, 0.717) is 23.0 Å². The summed E-state index contributed by atoms with van der Waals surface area (Å²) in [6.07, 6.45) is 1.60. The quantitative estimate of drug-likeness (QED) is 0.805. The van der Waals surface area contributed by atoms with E-state index >= 15 is 0 Å². The molecule has 2 N–H and O–H groups in total. The second-order valence-corrected chi connectivity index (χ2v) is 5.90. The highest BCUT2D eigenvalue weighted by Crippen LogP contribution is 2.30. The normalized spacial score (nSPS) is 10.5. The molecule has 0 aliphatic carbocycles. The molecule has 0 aliphatic rings. The fraction of sp³-hybridized carbons (Fsp3) is 0.294. The molecule has 2 rings (SSSR count). The molecule has 0 spiro atoms. The lowest BCUT2D eigenvalue weighted by Crippen LogP contribution is -2.31. The predicted octanol–water partition coefficient (Wildman–Crippen LogP) is 2.78. The summed E-state index contributed by atoms with van der Waals surface area (Å²) in [5.41, 5.74) is 1.84. The predicted molar refractivity (Wildman–Crippen MR) is 96.4 cm³/mol. The van der Waals surface area contributed by atoms with Crippen molar-refractivity contribution in [1.29, 1.82) is 0 Å². The maximum atomic E-state index is 12.0. The molecule has 7 heteroatoms. The van der Waals surface area contributed by atoms with Crippen molar-refractivity contribution in [1.82, 2.24) is 15.2 Å². The molecule has 1 amide bonds. The maximum Gasteiger partial charge on any atom is 0.269 e. The summed E-state index contributed by atoms with van der Waals surface area (Å²) in [5, 5.41) is 6.60. The number of anilines is 2. The average Bonchev–Trinajstić information content (AvgIpc) is 2.55. The van der Waals surface area contributed by atoms with Crippen molar-refractivity contribution in [3.05, 3.63) is 47.2 Å². The zero-order chi connectivity index (χ0) is 17.5. The van der Waals surface area contributed by atoms with Crippen LogP contribution in [0, 0.1) is 0 Å². The van der Waals surface area contributed by atoms with Gasteiger partial charge in [-0.15, -0.1) is 0 Å². The molecule has 0 radical (unpaired) electrons. The smallest absolute Gasteiger partial charge is 0.269 e. The Morgan fingerprint density at radius 2 is 2.08 bits per heavy atom. The van der Waals surface area contributed by atoms with E-state index in [9.17, 15) is 4.79 Å². The Kier molecular flexibility index (Phi) is 6.40. The van der Waals surface area contributed by atoms with Gasteiger partial charge in [-0.2, -0.15) is 0 Å². The number of hydrogen-bond acceptors (Lipinski definition) is 5. The van der Waals surface area contributed by atoms with Gasteiger partial charge in [0.05, 0.1) is 24.7 Å². The van der Waals surface area contributed by atoms with E-state index in [-0.39, 0.29) is 5.91 Å². The molecule has 2 aromatic rings. The maximum absolute atomic E-state index is 12.0. The first-order valence-electron chi connectivity index (χ1n) is 7.49. The highest BCUT2D eigenvalue weighted by Gasteiger charge is 2.08. The van der Waals surface area contributed by atoms with E-state index in [2.05, 4.69) is 15.6 Å². The van der Waals surface area contributed by atoms with E-state index in [1.165, 1.54) is 0 Å². The Morgan fingerprint density at radius 3 is 2.71 bits per heavy atom. The lowest BCUT2D eigenvalue weighted by atomic mass is 10.2. The van der Waals surface area contributed by atoms with Gasteiger partial charge in [0.1, 0.15) is 11.4 Å². The Morgan fingerprint density at radius 1 is 1.29 bits per heavy atom. The second kappa shape index (κ2) is 8.52. The van der Waals surface area contributed by atoms with Crippen LogP contribution < -0.4 is 15.4 Å². The number of methoxy groups -OCH3 is 1. The third kappa shape index (κ3) is 5.11. The number of amides is 1. The summed E-state index contributed by atoms with van der Waals surface area (Å²) in [4.78, 5) is 18.2. The van der Waals surface area contributed by atoms with Gasteiger partial charge in [0.2, 0.25) is 0 Å². The number of pyridine rings is 1. The van der Waals surface area contributed by atoms with E-state index in [0.717, 1.165) is 17.9 Å². The zero-order valence-corrected chi connectivity index (χ0v) is 14.7. The fourth-order valence-electron chi connectivity index (χ4n) is 2.02. The molecule has 1 aromatic carbocycles.